The van der Waals surface area contributed by atoms with Gasteiger partial charge in [0.2, 0.25) is 0 Å². The first kappa shape index (κ1) is 14.9. The molecule has 0 bridgehead atoms. The van der Waals surface area contributed by atoms with E-state index in [1.807, 2.05) is 31.2 Å². The summed E-state index contributed by atoms with van der Waals surface area (Å²) < 4.78 is 5.93. The number of rotatable bonds is 6. The lowest BCUT2D eigenvalue weighted by molar-refractivity contribution is 0.478. The van der Waals surface area contributed by atoms with Crippen LogP contribution in [-0.4, -0.2) is 6.54 Å². The van der Waals surface area contributed by atoms with E-state index in [1.165, 1.54) is 5.56 Å². The second-order valence-electron chi connectivity index (χ2n) is 4.81. The highest BCUT2D eigenvalue weighted by Gasteiger charge is 2.06. The van der Waals surface area contributed by atoms with E-state index < -0.39 is 0 Å². The van der Waals surface area contributed by atoms with Gasteiger partial charge in [-0.05, 0) is 49.2 Å². The van der Waals surface area contributed by atoms with Crippen molar-refractivity contribution in [2.24, 2.45) is 0 Å². The standard InChI is InChI=1S/C17H20ClNO/c1-3-10-19-12-14-9-8-13(2)17(11-14)20-16-7-5-4-6-15(16)18/h4-9,11,19H,3,10,12H2,1-2H3. The van der Waals surface area contributed by atoms with E-state index in [0.29, 0.717) is 10.8 Å². The fraction of sp³-hybridized carbons (Fsp3) is 0.294. The van der Waals surface area contributed by atoms with E-state index in [1.54, 1.807) is 0 Å². The van der Waals surface area contributed by atoms with Crippen LogP contribution in [0.5, 0.6) is 11.5 Å². The topological polar surface area (TPSA) is 21.3 Å². The molecule has 1 N–H and O–H groups in total. The average molecular weight is 290 g/mol. The second-order valence-corrected chi connectivity index (χ2v) is 5.22. The summed E-state index contributed by atoms with van der Waals surface area (Å²) in [4.78, 5) is 0. The van der Waals surface area contributed by atoms with Gasteiger partial charge in [0.1, 0.15) is 11.5 Å². The first-order valence-corrected chi connectivity index (χ1v) is 7.31. The van der Waals surface area contributed by atoms with Crippen LogP contribution in [0.25, 0.3) is 0 Å². The van der Waals surface area contributed by atoms with Gasteiger partial charge >= 0.3 is 0 Å². The van der Waals surface area contributed by atoms with Crippen LogP contribution in [0, 0.1) is 6.92 Å². The van der Waals surface area contributed by atoms with Crippen molar-refractivity contribution in [3.63, 3.8) is 0 Å². The van der Waals surface area contributed by atoms with E-state index in [0.717, 1.165) is 30.8 Å². The highest BCUT2D eigenvalue weighted by Crippen LogP contribution is 2.31. The van der Waals surface area contributed by atoms with E-state index in [-0.39, 0.29) is 0 Å². The number of aryl methyl sites for hydroxylation is 1. The number of nitrogens with one attached hydrogen (secondary N) is 1. The zero-order valence-corrected chi connectivity index (χ0v) is 12.7. The minimum absolute atomic E-state index is 0.626. The number of benzene rings is 2. The number of para-hydroxylation sites is 1. The van der Waals surface area contributed by atoms with Crippen molar-refractivity contribution in [2.75, 3.05) is 6.54 Å². The molecule has 0 saturated heterocycles. The third-order valence-corrected chi connectivity index (χ3v) is 3.38. The monoisotopic (exact) mass is 289 g/mol. The number of hydrogen-bond donors (Lipinski definition) is 1. The normalized spacial score (nSPS) is 10.6. The largest absolute Gasteiger partial charge is 0.456 e. The van der Waals surface area contributed by atoms with Crippen molar-refractivity contribution in [2.45, 2.75) is 26.8 Å². The molecule has 0 aromatic heterocycles. The van der Waals surface area contributed by atoms with Crippen LogP contribution >= 0.6 is 11.6 Å². The summed E-state index contributed by atoms with van der Waals surface area (Å²) >= 11 is 6.13. The van der Waals surface area contributed by atoms with Gasteiger partial charge in [-0.3, -0.25) is 0 Å². The molecule has 3 heteroatoms. The summed E-state index contributed by atoms with van der Waals surface area (Å²) in [6, 6.07) is 13.8. The highest BCUT2D eigenvalue weighted by atomic mass is 35.5. The maximum atomic E-state index is 6.13. The van der Waals surface area contributed by atoms with Crippen LogP contribution in [0.15, 0.2) is 42.5 Å². The molecule has 0 atom stereocenters. The average Bonchev–Trinajstić information content (AvgIpc) is 2.45. The van der Waals surface area contributed by atoms with E-state index >= 15 is 0 Å². The molecule has 0 fully saturated rings. The van der Waals surface area contributed by atoms with Crippen molar-refractivity contribution in [3.8, 4) is 11.5 Å². The fourth-order valence-electron chi connectivity index (χ4n) is 1.92. The van der Waals surface area contributed by atoms with Crippen molar-refractivity contribution in [1.29, 1.82) is 0 Å². The third-order valence-electron chi connectivity index (χ3n) is 3.07. The van der Waals surface area contributed by atoms with E-state index in [4.69, 9.17) is 16.3 Å². The van der Waals surface area contributed by atoms with Gasteiger partial charge < -0.3 is 10.1 Å². The lowest BCUT2D eigenvalue weighted by Gasteiger charge is -2.12. The van der Waals surface area contributed by atoms with Crippen LogP contribution in [-0.2, 0) is 6.54 Å². The predicted octanol–water partition coefficient (Wildman–Crippen LogP) is 4.94. The minimum Gasteiger partial charge on any atom is -0.456 e. The number of ether oxygens (including phenoxy) is 1. The predicted molar refractivity (Wildman–Crippen MR) is 84.7 cm³/mol. The Morgan fingerprint density at radius 3 is 2.65 bits per heavy atom. The SMILES string of the molecule is CCCNCc1ccc(C)c(Oc2ccccc2Cl)c1. The molecular formula is C17H20ClNO. The van der Waals surface area contributed by atoms with Crippen molar-refractivity contribution < 1.29 is 4.74 Å². The minimum atomic E-state index is 0.626. The Hall–Kier alpha value is -1.51. The zero-order chi connectivity index (χ0) is 14.4. The van der Waals surface area contributed by atoms with Gasteiger partial charge in [0.15, 0.2) is 0 Å². The highest BCUT2D eigenvalue weighted by molar-refractivity contribution is 6.32. The molecule has 0 aliphatic carbocycles. The molecule has 0 aliphatic heterocycles. The van der Waals surface area contributed by atoms with E-state index in [9.17, 15) is 0 Å². The maximum absolute atomic E-state index is 6.13. The van der Waals surface area contributed by atoms with Crippen LogP contribution in [0.1, 0.15) is 24.5 Å². The lowest BCUT2D eigenvalue weighted by Crippen LogP contribution is -2.13. The smallest absolute Gasteiger partial charge is 0.146 e. The van der Waals surface area contributed by atoms with Gasteiger partial charge in [-0.25, -0.2) is 0 Å². The molecular weight excluding hydrogens is 270 g/mol. The van der Waals surface area contributed by atoms with Crippen LogP contribution in [0.2, 0.25) is 5.02 Å². The Labute approximate surface area is 125 Å². The molecule has 0 heterocycles. The summed E-state index contributed by atoms with van der Waals surface area (Å²) in [5.41, 5.74) is 2.32. The first-order chi connectivity index (χ1) is 9.70. The Kier molecular flexibility index (Phi) is 5.45. The quantitative estimate of drug-likeness (QED) is 0.761. The Bertz CT molecular complexity index is 569. The van der Waals surface area contributed by atoms with Gasteiger partial charge in [0.25, 0.3) is 0 Å². The van der Waals surface area contributed by atoms with Crippen LogP contribution in [0.4, 0.5) is 0 Å². The maximum Gasteiger partial charge on any atom is 0.146 e. The van der Waals surface area contributed by atoms with Crippen molar-refractivity contribution in [1.82, 2.24) is 5.32 Å². The summed E-state index contributed by atoms with van der Waals surface area (Å²) in [5, 5.41) is 4.02. The number of hydrogen-bond acceptors (Lipinski definition) is 2. The lowest BCUT2D eigenvalue weighted by atomic mass is 10.1. The molecule has 0 amide bonds. The van der Waals surface area contributed by atoms with Crippen molar-refractivity contribution >= 4 is 11.6 Å². The first-order valence-electron chi connectivity index (χ1n) is 6.93. The summed E-state index contributed by atoms with van der Waals surface area (Å²) in [6.45, 7) is 6.07. The zero-order valence-electron chi connectivity index (χ0n) is 11.9. The molecule has 0 spiro atoms. The summed E-state index contributed by atoms with van der Waals surface area (Å²) in [6.07, 6.45) is 1.13. The van der Waals surface area contributed by atoms with Crippen LogP contribution in [0.3, 0.4) is 0 Å². The Morgan fingerprint density at radius 1 is 1.10 bits per heavy atom. The fourth-order valence-corrected chi connectivity index (χ4v) is 2.09. The van der Waals surface area contributed by atoms with Gasteiger partial charge in [0.05, 0.1) is 5.02 Å². The second kappa shape index (κ2) is 7.32. The van der Waals surface area contributed by atoms with E-state index in [2.05, 4.69) is 30.4 Å². The summed E-state index contributed by atoms with van der Waals surface area (Å²) in [5.74, 6) is 1.55. The molecule has 106 valence electrons. The molecule has 0 radical (unpaired) electrons. The molecule has 2 aromatic rings. The van der Waals surface area contributed by atoms with Gasteiger partial charge in [-0.2, -0.15) is 0 Å². The number of halogens is 1. The summed E-state index contributed by atoms with van der Waals surface area (Å²) in [7, 11) is 0. The Balaban J connectivity index is 2.14. The third kappa shape index (κ3) is 3.99. The molecule has 0 saturated carbocycles. The Morgan fingerprint density at radius 2 is 1.90 bits per heavy atom. The van der Waals surface area contributed by atoms with Crippen molar-refractivity contribution in [3.05, 3.63) is 58.6 Å². The molecule has 2 nitrogen and oxygen atoms in total. The van der Waals surface area contributed by atoms with Gasteiger partial charge in [0, 0.05) is 6.54 Å². The molecule has 20 heavy (non-hydrogen) atoms. The molecule has 2 rings (SSSR count). The molecule has 0 aliphatic rings. The molecule has 0 unspecified atom stereocenters. The van der Waals surface area contributed by atoms with Crippen LogP contribution < -0.4 is 10.1 Å². The van der Waals surface area contributed by atoms with Gasteiger partial charge in [-0.15, -0.1) is 0 Å². The molecule has 2 aromatic carbocycles. The van der Waals surface area contributed by atoms with Gasteiger partial charge in [-0.1, -0.05) is 42.8 Å².